The Morgan fingerprint density at radius 3 is 2.85 bits per heavy atom. The molecule has 4 rings (SSSR count). The lowest BCUT2D eigenvalue weighted by molar-refractivity contribution is 0.668. The highest BCUT2D eigenvalue weighted by atomic mass is 35.5. The van der Waals surface area contributed by atoms with Crippen LogP contribution in [0.15, 0.2) is 29.1 Å². The van der Waals surface area contributed by atoms with Crippen molar-refractivity contribution in [1.29, 1.82) is 0 Å². The van der Waals surface area contributed by atoms with Gasteiger partial charge < -0.3 is 10.3 Å². The highest BCUT2D eigenvalue weighted by molar-refractivity contribution is 6.30. The van der Waals surface area contributed by atoms with E-state index in [0.717, 1.165) is 37.2 Å². The molecule has 2 aromatic heterocycles. The van der Waals surface area contributed by atoms with Crippen LogP contribution in [0.3, 0.4) is 0 Å². The minimum Gasteiger partial charge on any atom is -0.351 e. The van der Waals surface area contributed by atoms with Crippen LogP contribution in [0.5, 0.6) is 0 Å². The van der Waals surface area contributed by atoms with Gasteiger partial charge in [0.25, 0.3) is 0 Å². The normalized spacial score (nSPS) is 14.9. The molecule has 1 aliphatic rings. The number of fused-ring (bicyclic) bond motifs is 1. The second kappa shape index (κ2) is 7.72. The molecule has 7 heteroatoms. The van der Waals surface area contributed by atoms with E-state index in [1.165, 1.54) is 12.8 Å². The van der Waals surface area contributed by atoms with Crippen molar-refractivity contribution in [2.24, 2.45) is 0 Å². The van der Waals surface area contributed by atoms with Gasteiger partial charge in [-0.15, -0.1) is 0 Å². The highest BCUT2D eigenvalue weighted by Gasteiger charge is 2.23. The van der Waals surface area contributed by atoms with E-state index in [4.69, 9.17) is 16.6 Å². The Labute approximate surface area is 163 Å². The fraction of sp³-hybridized carbons (Fsp3) is 0.450. The van der Waals surface area contributed by atoms with Crippen LogP contribution in [0.1, 0.15) is 56.3 Å². The number of hydrogen-bond acceptors (Lipinski definition) is 4. The van der Waals surface area contributed by atoms with Gasteiger partial charge in [-0.25, -0.2) is 4.98 Å². The lowest BCUT2D eigenvalue weighted by Gasteiger charge is -2.14. The number of rotatable bonds is 6. The van der Waals surface area contributed by atoms with Gasteiger partial charge in [-0.3, -0.25) is 9.36 Å². The molecule has 1 aromatic carbocycles. The van der Waals surface area contributed by atoms with Crippen molar-refractivity contribution in [2.45, 2.75) is 58.0 Å². The maximum absolute atomic E-state index is 12.6. The molecule has 142 valence electrons. The number of anilines is 1. The number of aromatic nitrogens is 4. The molecule has 1 aliphatic carbocycles. The van der Waals surface area contributed by atoms with Crippen molar-refractivity contribution in [3.05, 3.63) is 51.0 Å². The molecule has 0 atom stereocenters. The zero-order valence-corrected chi connectivity index (χ0v) is 16.2. The van der Waals surface area contributed by atoms with Gasteiger partial charge in [0, 0.05) is 24.0 Å². The predicted molar refractivity (Wildman–Crippen MR) is 108 cm³/mol. The standard InChI is InChI=1S/C20H24ClN5O/c1-2-10-26-18-16(23-17(24-18)14-7-3-4-8-14)19(27)25-20(26)22-12-13-6-5-9-15(21)11-13/h5-6,9,11,14H,2-4,7-8,10,12H2,1H3,(H,23,24)(H,22,25,27). The van der Waals surface area contributed by atoms with Crippen molar-refractivity contribution in [3.8, 4) is 0 Å². The summed E-state index contributed by atoms with van der Waals surface area (Å²) in [5, 5.41) is 3.98. The second-order valence-electron chi connectivity index (χ2n) is 7.18. The zero-order valence-electron chi connectivity index (χ0n) is 15.5. The van der Waals surface area contributed by atoms with E-state index in [0.29, 0.717) is 34.6 Å². The van der Waals surface area contributed by atoms with E-state index < -0.39 is 0 Å². The SMILES string of the molecule is CCCn1c(NCc2cccc(Cl)c2)nc(=O)c2[nH]c(C3CCCC3)nc21. The van der Waals surface area contributed by atoms with Crippen molar-refractivity contribution in [3.63, 3.8) is 0 Å². The van der Waals surface area contributed by atoms with Gasteiger partial charge >= 0.3 is 5.56 Å². The lowest BCUT2D eigenvalue weighted by atomic mass is 10.1. The van der Waals surface area contributed by atoms with Gasteiger partial charge in [0.05, 0.1) is 0 Å². The van der Waals surface area contributed by atoms with Crippen LogP contribution >= 0.6 is 11.6 Å². The number of benzene rings is 1. The fourth-order valence-electron chi connectivity index (χ4n) is 3.83. The van der Waals surface area contributed by atoms with Crippen molar-refractivity contribution in [2.75, 3.05) is 5.32 Å². The number of halogens is 1. The monoisotopic (exact) mass is 385 g/mol. The molecule has 6 nitrogen and oxygen atoms in total. The van der Waals surface area contributed by atoms with Gasteiger partial charge in [0.1, 0.15) is 5.82 Å². The molecule has 27 heavy (non-hydrogen) atoms. The fourth-order valence-corrected chi connectivity index (χ4v) is 4.04. The van der Waals surface area contributed by atoms with Crippen LogP contribution in [0.2, 0.25) is 5.02 Å². The largest absolute Gasteiger partial charge is 0.351 e. The summed E-state index contributed by atoms with van der Waals surface area (Å²) in [7, 11) is 0. The summed E-state index contributed by atoms with van der Waals surface area (Å²) in [4.78, 5) is 25.0. The summed E-state index contributed by atoms with van der Waals surface area (Å²) in [5.41, 5.74) is 1.99. The molecular weight excluding hydrogens is 362 g/mol. The Bertz CT molecular complexity index is 1000. The topological polar surface area (TPSA) is 75.6 Å². The van der Waals surface area contributed by atoms with Crippen molar-refractivity contribution < 1.29 is 0 Å². The summed E-state index contributed by atoms with van der Waals surface area (Å²) < 4.78 is 2.01. The number of nitrogens with zero attached hydrogens (tertiary/aromatic N) is 3. The van der Waals surface area contributed by atoms with E-state index in [-0.39, 0.29) is 5.56 Å². The summed E-state index contributed by atoms with van der Waals surface area (Å²) in [6.45, 7) is 3.40. The molecule has 2 heterocycles. The summed E-state index contributed by atoms with van der Waals surface area (Å²) >= 11 is 6.06. The summed E-state index contributed by atoms with van der Waals surface area (Å²) in [6.07, 6.45) is 5.65. The Kier molecular flexibility index (Phi) is 5.16. The van der Waals surface area contributed by atoms with E-state index in [9.17, 15) is 4.79 Å². The molecule has 0 radical (unpaired) electrons. The van der Waals surface area contributed by atoms with Gasteiger partial charge in [-0.2, -0.15) is 4.98 Å². The van der Waals surface area contributed by atoms with Crippen molar-refractivity contribution in [1.82, 2.24) is 19.5 Å². The maximum atomic E-state index is 12.6. The third-order valence-corrected chi connectivity index (χ3v) is 5.40. The molecule has 1 fully saturated rings. The first-order valence-electron chi connectivity index (χ1n) is 9.64. The molecule has 0 spiro atoms. The minimum atomic E-state index is -0.261. The first kappa shape index (κ1) is 18.0. The Hall–Kier alpha value is -2.34. The molecule has 0 aliphatic heterocycles. The van der Waals surface area contributed by atoms with Crippen LogP contribution < -0.4 is 10.9 Å². The number of nitrogens with one attached hydrogen (secondary N) is 2. The van der Waals surface area contributed by atoms with E-state index >= 15 is 0 Å². The lowest BCUT2D eigenvalue weighted by Crippen LogP contribution is -2.19. The average Bonchev–Trinajstić information content (AvgIpc) is 3.32. The third-order valence-electron chi connectivity index (χ3n) is 5.16. The number of aryl methyl sites for hydroxylation is 1. The van der Waals surface area contributed by atoms with E-state index in [1.54, 1.807) is 0 Å². The van der Waals surface area contributed by atoms with E-state index in [1.807, 2.05) is 28.8 Å². The molecule has 1 saturated carbocycles. The molecule has 0 amide bonds. The van der Waals surface area contributed by atoms with Gasteiger partial charge in [0.2, 0.25) is 5.95 Å². The molecule has 0 bridgehead atoms. The number of H-pyrrole nitrogens is 1. The van der Waals surface area contributed by atoms with Crippen LogP contribution in [0.4, 0.5) is 5.95 Å². The molecule has 3 aromatic rings. The molecule has 2 N–H and O–H groups in total. The third kappa shape index (κ3) is 3.72. The van der Waals surface area contributed by atoms with Crippen LogP contribution in [-0.4, -0.2) is 19.5 Å². The summed E-state index contributed by atoms with van der Waals surface area (Å²) in [5.74, 6) is 1.91. The maximum Gasteiger partial charge on any atom is 0.300 e. The van der Waals surface area contributed by atoms with Crippen molar-refractivity contribution >= 4 is 28.7 Å². The number of imidazole rings is 1. The minimum absolute atomic E-state index is 0.261. The quantitative estimate of drug-likeness (QED) is 0.657. The Morgan fingerprint density at radius 1 is 1.30 bits per heavy atom. The van der Waals surface area contributed by atoms with Gasteiger partial charge in [-0.1, -0.05) is 43.5 Å². The van der Waals surface area contributed by atoms with E-state index in [2.05, 4.69) is 22.2 Å². The Morgan fingerprint density at radius 2 is 2.11 bits per heavy atom. The summed E-state index contributed by atoms with van der Waals surface area (Å²) in [6, 6.07) is 7.65. The van der Waals surface area contributed by atoms with Crippen LogP contribution in [0, 0.1) is 0 Å². The number of aromatic amines is 1. The second-order valence-corrected chi connectivity index (χ2v) is 7.61. The van der Waals surface area contributed by atoms with Crippen LogP contribution in [-0.2, 0) is 13.1 Å². The first-order valence-corrected chi connectivity index (χ1v) is 10.0. The first-order chi connectivity index (χ1) is 13.2. The Balaban J connectivity index is 1.70. The predicted octanol–water partition coefficient (Wildman–Crippen LogP) is 4.45. The van der Waals surface area contributed by atoms with Crippen LogP contribution in [0.25, 0.3) is 11.2 Å². The van der Waals surface area contributed by atoms with Gasteiger partial charge in [-0.05, 0) is 37.0 Å². The number of hydrogen-bond donors (Lipinski definition) is 2. The van der Waals surface area contributed by atoms with Gasteiger partial charge in [0.15, 0.2) is 11.2 Å². The molecular formula is C20H24ClN5O. The highest BCUT2D eigenvalue weighted by Crippen LogP contribution is 2.33. The molecule has 0 unspecified atom stereocenters. The molecule has 0 saturated heterocycles. The zero-order chi connectivity index (χ0) is 18.8. The average molecular weight is 386 g/mol. The smallest absolute Gasteiger partial charge is 0.300 e.